The minimum atomic E-state index is -0.305. The van der Waals surface area contributed by atoms with Gasteiger partial charge in [0.25, 0.3) is 5.56 Å². The van der Waals surface area contributed by atoms with E-state index < -0.39 is 0 Å². The Bertz CT molecular complexity index is 933. The van der Waals surface area contributed by atoms with Crippen molar-refractivity contribution < 1.29 is 4.79 Å². The number of amides is 1. The number of pyridine rings is 1. The molecule has 3 rings (SSSR count). The molecule has 116 valence electrons. The van der Waals surface area contributed by atoms with E-state index in [0.29, 0.717) is 6.42 Å². The molecule has 2 N–H and O–H groups in total. The number of benzene rings is 2. The molecule has 0 radical (unpaired) electrons. The van der Waals surface area contributed by atoms with Gasteiger partial charge in [0.1, 0.15) is 5.69 Å². The smallest absolute Gasteiger partial charge is 0.272 e. The Morgan fingerprint density at radius 2 is 1.91 bits per heavy atom. The van der Waals surface area contributed by atoms with Crippen LogP contribution in [0.1, 0.15) is 13.3 Å². The number of halogens is 1. The number of rotatable bonds is 3. The Balaban J connectivity index is 2.38. The minimum Gasteiger partial charge on any atom is -0.321 e. The second-order valence-corrected chi connectivity index (χ2v) is 6.08. The van der Waals surface area contributed by atoms with Crippen molar-refractivity contribution in [3.05, 3.63) is 63.4 Å². The first kappa shape index (κ1) is 15.5. The third kappa shape index (κ3) is 3.05. The molecule has 3 aromatic rings. The van der Waals surface area contributed by atoms with Crippen LogP contribution in [0.3, 0.4) is 0 Å². The van der Waals surface area contributed by atoms with Gasteiger partial charge in [-0.15, -0.1) is 0 Å². The van der Waals surface area contributed by atoms with Crippen LogP contribution in [0.5, 0.6) is 0 Å². The van der Waals surface area contributed by atoms with Gasteiger partial charge < -0.3 is 10.3 Å². The van der Waals surface area contributed by atoms with Crippen LogP contribution in [0.25, 0.3) is 22.0 Å². The van der Waals surface area contributed by atoms with E-state index in [0.717, 1.165) is 26.5 Å². The summed E-state index contributed by atoms with van der Waals surface area (Å²) in [5.74, 6) is -0.193. The molecule has 1 amide bonds. The van der Waals surface area contributed by atoms with Crippen LogP contribution in [0.15, 0.2) is 57.8 Å². The number of carbonyl (C=O) groups is 1. The van der Waals surface area contributed by atoms with Crippen LogP contribution in [0, 0.1) is 0 Å². The number of hydrogen-bond donors (Lipinski definition) is 2. The summed E-state index contributed by atoms with van der Waals surface area (Å²) in [7, 11) is 0. The van der Waals surface area contributed by atoms with Crippen LogP contribution >= 0.6 is 15.9 Å². The van der Waals surface area contributed by atoms with Gasteiger partial charge in [-0.25, -0.2) is 0 Å². The molecule has 5 heteroatoms. The van der Waals surface area contributed by atoms with Crippen LogP contribution in [0.2, 0.25) is 0 Å². The van der Waals surface area contributed by atoms with E-state index in [1.54, 1.807) is 6.92 Å². The Morgan fingerprint density at radius 3 is 2.61 bits per heavy atom. The van der Waals surface area contributed by atoms with Crippen LogP contribution in [0.4, 0.5) is 5.69 Å². The molecule has 1 aromatic heterocycles. The summed E-state index contributed by atoms with van der Waals surface area (Å²) in [5.41, 5.74) is 2.32. The van der Waals surface area contributed by atoms with E-state index >= 15 is 0 Å². The maximum atomic E-state index is 12.5. The first-order valence-electron chi connectivity index (χ1n) is 7.31. The third-order valence-corrected chi connectivity index (χ3v) is 4.12. The van der Waals surface area contributed by atoms with Crippen molar-refractivity contribution in [2.24, 2.45) is 0 Å². The second kappa shape index (κ2) is 6.38. The maximum absolute atomic E-state index is 12.5. The van der Waals surface area contributed by atoms with E-state index in [-0.39, 0.29) is 17.2 Å². The summed E-state index contributed by atoms with van der Waals surface area (Å²) in [6.07, 6.45) is 0.310. The van der Waals surface area contributed by atoms with Gasteiger partial charge in [-0.2, -0.15) is 0 Å². The molecular formula is C18H15BrN2O2. The molecule has 2 aromatic carbocycles. The summed E-state index contributed by atoms with van der Waals surface area (Å²) in [6, 6.07) is 15.2. The van der Waals surface area contributed by atoms with E-state index in [2.05, 4.69) is 26.2 Å². The van der Waals surface area contributed by atoms with Gasteiger partial charge in [0.05, 0.1) is 0 Å². The Kier molecular flexibility index (Phi) is 4.30. The molecule has 0 atom stereocenters. The fraction of sp³-hybridized carbons (Fsp3) is 0.111. The Labute approximate surface area is 141 Å². The van der Waals surface area contributed by atoms with Gasteiger partial charge in [0, 0.05) is 27.4 Å². The van der Waals surface area contributed by atoms with Gasteiger partial charge in [0.2, 0.25) is 5.91 Å². The number of nitrogens with one attached hydrogen (secondary N) is 2. The van der Waals surface area contributed by atoms with E-state index in [9.17, 15) is 9.59 Å². The van der Waals surface area contributed by atoms with Crippen molar-refractivity contribution >= 4 is 38.4 Å². The van der Waals surface area contributed by atoms with Crippen molar-refractivity contribution in [3.8, 4) is 11.1 Å². The Hall–Kier alpha value is -2.40. The molecule has 4 nitrogen and oxygen atoms in total. The summed E-state index contributed by atoms with van der Waals surface area (Å²) in [5, 5.41) is 3.61. The zero-order valence-corrected chi connectivity index (χ0v) is 14.1. The molecule has 0 aliphatic rings. The predicted molar refractivity (Wildman–Crippen MR) is 96.6 cm³/mol. The number of carbonyl (C=O) groups excluding carboxylic acids is 1. The first-order valence-corrected chi connectivity index (χ1v) is 8.10. The number of fused-ring (bicyclic) bond motifs is 1. The van der Waals surface area contributed by atoms with Crippen molar-refractivity contribution in [3.63, 3.8) is 0 Å². The molecule has 1 heterocycles. The SMILES string of the molecule is CCC(=O)Nc1c(-c2ccccc2)c2cc(Br)ccc2[nH]c1=O. The highest BCUT2D eigenvalue weighted by Crippen LogP contribution is 2.33. The number of aromatic nitrogens is 1. The summed E-state index contributed by atoms with van der Waals surface area (Å²) >= 11 is 3.47. The number of anilines is 1. The highest BCUT2D eigenvalue weighted by molar-refractivity contribution is 9.10. The topological polar surface area (TPSA) is 62.0 Å². The largest absolute Gasteiger partial charge is 0.321 e. The van der Waals surface area contributed by atoms with E-state index in [1.807, 2.05) is 48.5 Å². The molecule has 0 saturated heterocycles. The molecule has 0 saturated carbocycles. The average molecular weight is 371 g/mol. The molecule has 0 aliphatic heterocycles. The lowest BCUT2D eigenvalue weighted by molar-refractivity contribution is -0.115. The van der Waals surface area contributed by atoms with Crippen molar-refractivity contribution in [1.82, 2.24) is 4.98 Å². The van der Waals surface area contributed by atoms with E-state index in [4.69, 9.17) is 0 Å². The van der Waals surface area contributed by atoms with Gasteiger partial charge in [-0.1, -0.05) is 53.2 Å². The fourth-order valence-corrected chi connectivity index (χ4v) is 2.88. The van der Waals surface area contributed by atoms with Gasteiger partial charge in [0.15, 0.2) is 0 Å². The van der Waals surface area contributed by atoms with Gasteiger partial charge >= 0.3 is 0 Å². The molecule has 0 spiro atoms. The summed E-state index contributed by atoms with van der Waals surface area (Å²) < 4.78 is 0.905. The third-order valence-electron chi connectivity index (χ3n) is 3.62. The average Bonchev–Trinajstić information content (AvgIpc) is 2.56. The Morgan fingerprint density at radius 1 is 1.17 bits per heavy atom. The van der Waals surface area contributed by atoms with Crippen LogP contribution < -0.4 is 10.9 Å². The molecular weight excluding hydrogens is 356 g/mol. The van der Waals surface area contributed by atoms with E-state index in [1.165, 1.54) is 0 Å². The first-order chi connectivity index (χ1) is 11.1. The highest BCUT2D eigenvalue weighted by Gasteiger charge is 2.16. The monoisotopic (exact) mass is 370 g/mol. The predicted octanol–water partition coefficient (Wildman–Crippen LogP) is 4.31. The standard InChI is InChI=1S/C18H15BrN2O2/c1-2-15(22)21-17-16(11-6-4-3-5-7-11)13-10-12(19)8-9-14(13)20-18(17)23/h3-10H,2H2,1H3,(H,20,23)(H,21,22). The number of H-pyrrole nitrogens is 1. The number of hydrogen-bond acceptors (Lipinski definition) is 2. The van der Waals surface area contributed by atoms with Crippen molar-refractivity contribution in [1.29, 1.82) is 0 Å². The minimum absolute atomic E-state index is 0.193. The van der Waals surface area contributed by atoms with Crippen LogP contribution in [-0.4, -0.2) is 10.9 Å². The fourth-order valence-electron chi connectivity index (χ4n) is 2.52. The lowest BCUT2D eigenvalue weighted by Crippen LogP contribution is -2.20. The lowest BCUT2D eigenvalue weighted by atomic mass is 9.99. The van der Waals surface area contributed by atoms with Gasteiger partial charge in [-0.05, 0) is 23.8 Å². The molecule has 0 fully saturated rings. The van der Waals surface area contributed by atoms with Crippen molar-refractivity contribution in [2.75, 3.05) is 5.32 Å². The highest BCUT2D eigenvalue weighted by atomic mass is 79.9. The van der Waals surface area contributed by atoms with Gasteiger partial charge in [-0.3, -0.25) is 9.59 Å². The molecule has 0 unspecified atom stereocenters. The normalized spacial score (nSPS) is 10.7. The zero-order chi connectivity index (χ0) is 16.4. The number of aromatic amines is 1. The second-order valence-electron chi connectivity index (χ2n) is 5.16. The molecule has 0 bridgehead atoms. The molecule has 23 heavy (non-hydrogen) atoms. The lowest BCUT2D eigenvalue weighted by Gasteiger charge is -2.14. The maximum Gasteiger partial charge on any atom is 0.272 e. The van der Waals surface area contributed by atoms with Crippen molar-refractivity contribution in [2.45, 2.75) is 13.3 Å². The summed E-state index contributed by atoms with van der Waals surface area (Å²) in [4.78, 5) is 27.2. The summed E-state index contributed by atoms with van der Waals surface area (Å²) in [6.45, 7) is 1.75. The van der Waals surface area contributed by atoms with Crippen LogP contribution in [-0.2, 0) is 4.79 Å². The quantitative estimate of drug-likeness (QED) is 0.721. The molecule has 0 aliphatic carbocycles. The zero-order valence-electron chi connectivity index (χ0n) is 12.5.